The lowest BCUT2D eigenvalue weighted by molar-refractivity contribution is -0.273. The number of aliphatic hydroxyl groups excluding tert-OH is 1. The maximum atomic E-state index is 13.7. The third-order valence-electron chi connectivity index (χ3n) is 7.32. The van der Waals surface area contributed by atoms with Gasteiger partial charge in [0, 0.05) is 19.0 Å². The molecule has 1 amide bonds. The van der Waals surface area contributed by atoms with Gasteiger partial charge in [0.05, 0.1) is 43.4 Å². The van der Waals surface area contributed by atoms with Crippen LogP contribution in [0.15, 0.2) is 59.5 Å². The highest BCUT2D eigenvalue weighted by atomic mass is 32.2. The van der Waals surface area contributed by atoms with Gasteiger partial charge in [-0.15, -0.1) is 0 Å². The second kappa shape index (κ2) is 12.6. The average Bonchev–Trinajstić information content (AvgIpc) is 3.53. The third-order valence-corrected chi connectivity index (χ3v) is 9.17. The monoisotopic (exact) mass is 561 g/mol. The molecule has 2 saturated heterocycles. The van der Waals surface area contributed by atoms with Crippen molar-refractivity contribution in [3.8, 4) is 5.75 Å². The number of hydrogen-bond acceptors (Lipinski definition) is 8. The Hall–Kier alpha value is -2.70. The Morgan fingerprint density at radius 2 is 1.79 bits per heavy atom. The molecule has 2 aliphatic rings. The Balaban J connectivity index is 1.66. The molecule has 214 valence electrons. The zero-order valence-corrected chi connectivity index (χ0v) is 23.3. The highest BCUT2D eigenvalue weighted by Crippen LogP contribution is 2.36. The summed E-state index contributed by atoms with van der Waals surface area (Å²) in [6.07, 6.45) is -2.50. The van der Waals surface area contributed by atoms with Crippen molar-refractivity contribution in [2.75, 3.05) is 33.4 Å². The van der Waals surface area contributed by atoms with Gasteiger partial charge in [0.25, 0.3) is 0 Å². The third kappa shape index (κ3) is 6.72. The van der Waals surface area contributed by atoms with Crippen LogP contribution in [0, 0.1) is 11.8 Å². The zero-order chi connectivity index (χ0) is 28.2. The first-order valence-electron chi connectivity index (χ1n) is 13.2. The van der Waals surface area contributed by atoms with Crippen LogP contribution in [0.1, 0.15) is 25.8 Å². The SMILES string of the molecule is COc1ccc(S(=O)(=O)N(CC(C)C)C[C@@H](O)[C@H](Cc2ccccc2)N(C(=O)[O-])[C@@H]2CO[C@H]3OCC[C@H]32)cc1. The van der Waals surface area contributed by atoms with Gasteiger partial charge in [-0.25, -0.2) is 8.42 Å². The Kier molecular flexibility index (Phi) is 9.50. The van der Waals surface area contributed by atoms with E-state index in [1.165, 1.54) is 23.5 Å². The summed E-state index contributed by atoms with van der Waals surface area (Å²) in [4.78, 5) is 13.8. The Morgan fingerprint density at radius 1 is 1.10 bits per heavy atom. The van der Waals surface area contributed by atoms with Crippen LogP contribution in [0.25, 0.3) is 0 Å². The number of methoxy groups -OCH3 is 1. The average molecular weight is 562 g/mol. The van der Waals surface area contributed by atoms with E-state index in [1.807, 2.05) is 44.2 Å². The van der Waals surface area contributed by atoms with Crippen LogP contribution in [-0.4, -0.2) is 86.7 Å². The normalized spacial score (nSPS) is 22.6. The first-order chi connectivity index (χ1) is 18.6. The Labute approximate surface area is 230 Å². The van der Waals surface area contributed by atoms with E-state index in [0.717, 1.165) is 10.5 Å². The minimum absolute atomic E-state index is 0.0466. The first kappa shape index (κ1) is 29.3. The van der Waals surface area contributed by atoms with Crippen molar-refractivity contribution in [2.45, 2.75) is 56.1 Å². The minimum atomic E-state index is -4.01. The topological polar surface area (TPSA) is 129 Å². The van der Waals surface area contributed by atoms with Crippen molar-refractivity contribution in [2.24, 2.45) is 11.8 Å². The van der Waals surface area contributed by atoms with Crippen molar-refractivity contribution in [3.63, 3.8) is 0 Å². The number of nitrogens with zero attached hydrogens (tertiary/aromatic N) is 2. The molecule has 2 aromatic carbocycles. The van der Waals surface area contributed by atoms with Crippen molar-refractivity contribution in [1.82, 2.24) is 9.21 Å². The van der Waals surface area contributed by atoms with Crippen molar-refractivity contribution in [3.05, 3.63) is 60.2 Å². The van der Waals surface area contributed by atoms with E-state index in [4.69, 9.17) is 14.2 Å². The van der Waals surface area contributed by atoms with Gasteiger partial charge in [0.2, 0.25) is 10.0 Å². The number of sulfonamides is 1. The summed E-state index contributed by atoms with van der Waals surface area (Å²) in [6.45, 7) is 4.18. The van der Waals surface area contributed by atoms with Crippen LogP contribution in [0.3, 0.4) is 0 Å². The minimum Gasteiger partial charge on any atom is -0.530 e. The summed E-state index contributed by atoms with van der Waals surface area (Å²) in [5.41, 5.74) is 0.805. The molecule has 39 heavy (non-hydrogen) atoms. The fraction of sp³-hybridized carbons (Fsp3) is 0.536. The molecule has 1 N–H and O–H groups in total. The molecule has 0 saturated carbocycles. The van der Waals surface area contributed by atoms with Crippen LogP contribution < -0.4 is 9.84 Å². The predicted octanol–water partition coefficient (Wildman–Crippen LogP) is 1.72. The van der Waals surface area contributed by atoms with Gasteiger partial charge >= 0.3 is 0 Å². The Morgan fingerprint density at radius 3 is 2.41 bits per heavy atom. The molecule has 0 bridgehead atoms. The second-order valence-corrected chi connectivity index (χ2v) is 12.4. The van der Waals surface area contributed by atoms with Gasteiger partial charge in [0.1, 0.15) is 11.8 Å². The quantitative estimate of drug-likeness (QED) is 0.415. The second-order valence-electron chi connectivity index (χ2n) is 10.5. The van der Waals surface area contributed by atoms with Crippen LogP contribution >= 0.6 is 0 Å². The largest absolute Gasteiger partial charge is 0.530 e. The van der Waals surface area contributed by atoms with E-state index in [2.05, 4.69) is 0 Å². The maximum Gasteiger partial charge on any atom is 0.243 e. The number of hydrogen-bond donors (Lipinski definition) is 1. The molecular formula is C28H37N2O8S-. The standard InChI is InChI=1S/C28H38N2O8S/c1-19(2)16-29(39(34,35)22-11-9-21(36-3)10-12-22)17-26(31)24(15-20-7-5-4-6-8-20)30(28(32)33)25-18-38-27-23(25)13-14-37-27/h4-12,19,23-27,31H,13-18H2,1-3H3,(H,32,33)/p-1/t23-,24-,25+,26+,27+/m0/s1. The molecule has 0 aliphatic carbocycles. The number of carbonyl (C=O) groups excluding carboxylic acids is 1. The van der Waals surface area contributed by atoms with Crippen LogP contribution in [-0.2, 0) is 25.9 Å². The van der Waals surface area contributed by atoms with E-state index in [0.29, 0.717) is 18.8 Å². The summed E-state index contributed by atoms with van der Waals surface area (Å²) in [6, 6.07) is 13.7. The molecule has 2 heterocycles. The maximum absolute atomic E-state index is 13.7. The smallest absolute Gasteiger partial charge is 0.243 e. The lowest BCUT2D eigenvalue weighted by Crippen LogP contribution is -2.61. The van der Waals surface area contributed by atoms with Crippen LogP contribution in [0.5, 0.6) is 5.75 Å². The van der Waals surface area contributed by atoms with Gasteiger partial charge in [-0.3, -0.25) is 0 Å². The van der Waals surface area contributed by atoms with Crippen LogP contribution in [0.4, 0.5) is 4.79 Å². The molecule has 4 rings (SSSR count). The number of ether oxygens (including phenoxy) is 3. The molecule has 0 aromatic heterocycles. The highest BCUT2D eigenvalue weighted by molar-refractivity contribution is 7.89. The van der Waals surface area contributed by atoms with E-state index in [-0.39, 0.29) is 42.8 Å². The molecule has 5 atom stereocenters. The van der Waals surface area contributed by atoms with Crippen molar-refractivity contribution in [1.29, 1.82) is 0 Å². The van der Waals surface area contributed by atoms with E-state index in [9.17, 15) is 23.4 Å². The fourth-order valence-electron chi connectivity index (χ4n) is 5.43. The first-order valence-corrected chi connectivity index (χ1v) is 14.6. The summed E-state index contributed by atoms with van der Waals surface area (Å²) in [7, 11) is -2.51. The molecule has 0 unspecified atom stereocenters. The number of rotatable bonds is 12. The van der Waals surface area contributed by atoms with Gasteiger partial charge in [-0.05, 0) is 48.6 Å². The number of aliphatic hydroxyl groups is 1. The molecule has 11 heteroatoms. The van der Waals surface area contributed by atoms with Gasteiger partial charge in [-0.1, -0.05) is 44.2 Å². The fourth-order valence-corrected chi connectivity index (χ4v) is 7.05. The van der Waals surface area contributed by atoms with Gasteiger partial charge in [0.15, 0.2) is 6.29 Å². The van der Waals surface area contributed by atoms with Crippen molar-refractivity contribution >= 4 is 16.1 Å². The molecule has 0 radical (unpaired) electrons. The predicted molar refractivity (Wildman–Crippen MR) is 141 cm³/mol. The highest BCUT2D eigenvalue weighted by Gasteiger charge is 2.47. The summed E-state index contributed by atoms with van der Waals surface area (Å²) in [5.74, 6) is 0.280. The number of benzene rings is 2. The number of carboxylic acid groups (broad SMARTS) is 1. The molecule has 0 spiro atoms. The van der Waals surface area contributed by atoms with Gasteiger partial charge < -0.3 is 34.1 Å². The Bertz CT molecular complexity index is 1190. The lowest BCUT2D eigenvalue weighted by Gasteiger charge is -2.43. The van der Waals surface area contributed by atoms with E-state index in [1.54, 1.807) is 12.1 Å². The lowest BCUT2D eigenvalue weighted by atomic mass is 9.93. The molecule has 2 aromatic rings. The molecule has 2 fully saturated rings. The zero-order valence-electron chi connectivity index (χ0n) is 22.5. The summed E-state index contributed by atoms with van der Waals surface area (Å²) in [5, 5.41) is 24.3. The molecule has 2 aliphatic heterocycles. The van der Waals surface area contributed by atoms with E-state index < -0.39 is 40.6 Å². The molecule has 10 nitrogen and oxygen atoms in total. The summed E-state index contributed by atoms with van der Waals surface area (Å²) < 4.78 is 45.1. The number of fused-ring (bicyclic) bond motifs is 1. The molecular weight excluding hydrogens is 524 g/mol. The van der Waals surface area contributed by atoms with Gasteiger partial charge in [-0.2, -0.15) is 4.31 Å². The van der Waals surface area contributed by atoms with Crippen molar-refractivity contribution < 1.29 is 37.6 Å². The van der Waals surface area contributed by atoms with Crippen LogP contribution in [0.2, 0.25) is 0 Å². The number of carbonyl (C=O) groups is 1. The van der Waals surface area contributed by atoms with E-state index >= 15 is 0 Å². The number of amides is 1. The summed E-state index contributed by atoms with van der Waals surface area (Å²) >= 11 is 0.